The minimum atomic E-state index is -0.552. The number of hydrogen-bond acceptors (Lipinski definition) is 3. The molecule has 4 N–H and O–H groups in total. The molecule has 2 amide bonds. The summed E-state index contributed by atoms with van der Waals surface area (Å²) in [5, 5.41) is 5.20. The Labute approximate surface area is 86.6 Å². The average molecular weight is 205 g/mol. The molecular formula is C10H11N3O2. The minimum absolute atomic E-state index is 0.243. The number of hydrogen-bond donors (Lipinski definition) is 3. The van der Waals surface area contributed by atoms with Crippen LogP contribution in [-0.4, -0.2) is 17.9 Å². The van der Waals surface area contributed by atoms with Gasteiger partial charge in [0.2, 0.25) is 5.91 Å². The van der Waals surface area contributed by atoms with Crippen LogP contribution in [0.15, 0.2) is 18.2 Å². The van der Waals surface area contributed by atoms with Gasteiger partial charge in [0.15, 0.2) is 0 Å². The van der Waals surface area contributed by atoms with Crippen molar-refractivity contribution in [1.82, 2.24) is 5.32 Å². The van der Waals surface area contributed by atoms with Crippen LogP contribution in [0.5, 0.6) is 0 Å². The maximum Gasteiger partial charge on any atom is 0.256 e. The second-order valence-corrected chi connectivity index (χ2v) is 3.45. The molecule has 0 bridgehead atoms. The maximum absolute atomic E-state index is 11.7. The third-order valence-corrected chi connectivity index (χ3v) is 2.32. The van der Waals surface area contributed by atoms with Crippen molar-refractivity contribution in [2.45, 2.75) is 13.0 Å². The Kier molecular flexibility index (Phi) is 2.07. The van der Waals surface area contributed by atoms with E-state index >= 15 is 0 Å². The molecule has 1 aliphatic heterocycles. The summed E-state index contributed by atoms with van der Waals surface area (Å²) >= 11 is 0. The summed E-state index contributed by atoms with van der Waals surface area (Å²) in [6, 6.07) is 4.42. The van der Waals surface area contributed by atoms with Gasteiger partial charge in [-0.25, -0.2) is 0 Å². The molecule has 1 heterocycles. The molecule has 0 saturated carbocycles. The number of nitrogens with two attached hydrogens (primary N) is 1. The number of benzene rings is 1. The van der Waals surface area contributed by atoms with Crippen LogP contribution in [0.3, 0.4) is 0 Å². The van der Waals surface area contributed by atoms with E-state index in [-0.39, 0.29) is 11.8 Å². The predicted molar refractivity (Wildman–Crippen MR) is 56.4 cm³/mol. The van der Waals surface area contributed by atoms with Crippen molar-refractivity contribution < 1.29 is 9.59 Å². The van der Waals surface area contributed by atoms with E-state index in [1.54, 1.807) is 25.1 Å². The Bertz CT molecular complexity index is 442. The zero-order valence-corrected chi connectivity index (χ0v) is 8.20. The Morgan fingerprint density at radius 3 is 2.80 bits per heavy atom. The lowest BCUT2D eigenvalue weighted by Crippen LogP contribution is -2.38. The van der Waals surface area contributed by atoms with Gasteiger partial charge in [0.25, 0.3) is 5.91 Å². The van der Waals surface area contributed by atoms with Gasteiger partial charge >= 0.3 is 0 Å². The van der Waals surface area contributed by atoms with E-state index in [2.05, 4.69) is 10.6 Å². The summed E-state index contributed by atoms with van der Waals surface area (Å²) in [6.45, 7) is 1.62. The number of rotatable bonds is 0. The van der Waals surface area contributed by atoms with Gasteiger partial charge in [0.05, 0.1) is 11.3 Å². The van der Waals surface area contributed by atoms with E-state index < -0.39 is 6.04 Å². The molecule has 1 aromatic rings. The number of anilines is 2. The Hall–Kier alpha value is -2.04. The third kappa shape index (κ3) is 1.52. The van der Waals surface area contributed by atoms with E-state index in [1.165, 1.54) is 0 Å². The van der Waals surface area contributed by atoms with Crippen LogP contribution in [0.2, 0.25) is 0 Å². The van der Waals surface area contributed by atoms with Crippen molar-refractivity contribution in [3.05, 3.63) is 23.8 Å². The number of fused-ring (bicyclic) bond motifs is 1. The molecule has 78 valence electrons. The molecule has 0 fully saturated rings. The predicted octanol–water partition coefficient (Wildman–Crippen LogP) is 0.339. The smallest absolute Gasteiger partial charge is 0.256 e. The summed E-state index contributed by atoms with van der Waals surface area (Å²) in [6.07, 6.45) is 0. The van der Waals surface area contributed by atoms with Crippen molar-refractivity contribution in [2.75, 3.05) is 11.1 Å². The quantitative estimate of drug-likeness (QED) is 0.534. The topological polar surface area (TPSA) is 84.2 Å². The van der Waals surface area contributed by atoms with E-state index in [9.17, 15) is 9.59 Å². The summed E-state index contributed by atoms with van der Waals surface area (Å²) in [5.41, 5.74) is 6.83. The highest BCUT2D eigenvalue weighted by molar-refractivity contribution is 6.12. The molecule has 0 aromatic heterocycles. The summed E-state index contributed by atoms with van der Waals surface area (Å²) in [7, 11) is 0. The molecule has 0 aliphatic carbocycles. The van der Waals surface area contributed by atoms with Crippen LogP contribution in [0.1, 0.15) is 17.3 Å². The minimum Gasteiger partial charge on any atom is -0.398 e. The molecule has 0 spiro atoms. The van der Waals surface area contributed by atoms with Crippen LogP contribution < -0.4 is 16.4 Å². The number of nitrogens with one attached hydrogen (secondary N) is 2. The zero-order valence-electron chi connectivity index (χ0n) is 8.20. The summed E-state index contributed by atoms with van der Waals surface area (Å²) in [5.74, 6) is -0.568. The standard InChI is InChI=1S/C10H11N3O2/c1-5-9(14)13-7-4-2-3-6(11)8(7)10(15)12-5/h2-5H,11H2,1H3,(H,12,15)(H,13,14)/t5-/m0/s1. The normalized spacial score (nSPS) is 19.9. The Morgan fingerprint density at radius 1 is 1.33 bits per heavy atom. The second kappa shape index (κ2) is 3.27. The van der Waals surface area contributed by atoms with Crippen molar-refractivity contribution in [3.8, 4) is 0 Å². The highest BCUT2D eigenvalue weighted by Gasteiger charge is 2.25. The number of nitrogen functional groups attached to an aromatic ring is 1. The third-order valence-electron chi connectivity index (χ3n) is 2.32. The van der Waals surface area contributed by atoms with Gasteiger partial charge in [-0.3, -0.25) is 9.59 Å². The van der Waals surface area contributed by atoms with E-state index in [1.807, 2.05) is 0 Å². The maximum atomic E-state index is 11.7. The first-order chi connectivity index (χ1) is 7.09. The van der Waals surface area contributed by atoms with Gasteiger partial charge in [-0.1, -0.05) is 6.07 Å². The van der Waals surface area contributed by atoms with Gasteiger partial charge in [0, 0.05) is 5.69 Å². The average Bonchev–Trinajstić information content (AvgIpc) is 2.26. The molecule has 0 radical (unpaired) electrons. The molecule has 5 heteroatoms. The Morgan fingerprint density at radius 2 is 2.07 bits per heavy atom. The number of carbonyl (C=O) groups excluding carboxylic acids is 2. The van der Waals surface area contributed by atoms with Crippen molar-refractivity contribution in [2.24, 2.45) is 0 Å². The molecule has 0 saturated heterocycles. The summed E-state index contributed by atoms with van der Waals surface area (Å²) in [4.78, 5) is 23.2. The van der Waals surface area contributed by atoms with E-state index in [0.717, 1.165) is 0 Å². The van der Waals surface area contributed by atoms with E-state index in [4.69, 9.17) is 5.73 Å². The lowest BCUT2D eigenvalue weighted by molar-refractivity contribution is -0.117. The van der Waals surface area contributed by atoms with Crippen LogP contribution in [0.25, 0.3) is 0 Å². The lowest BCUT2D eigenvalue weighted by atomic mass is 10.1. The zero-order chi connectivity index (χ0) is 11.0. The Balaban J connectivity index is 2.56. The second-order valence-electron chi connectivity index (χ2n) is 3.45. The fraction of sp³-hybridized carbons (Fsp3) is 0.200. The van der Waals surface area contributed by atoms with Gasteiger partial charge in [-0.15, -0.1) is 0 Å². The molecular weight excluding hydrogens is 194 g/mol. The van der Waals surface area contributed by atoms with Crippen molar-refractivity contribution >= 4 is 23.2 Å². The van der Waals surface area contributed by atoms with Gasteiger partial charge in [-0.05, 0) is 19.1 Å². The fourth-order valence-electron chi connectivity index (χ4n) is 1.50. The molecule has 15 heavy (non-hydrogen) atoms. The molecule has 2 rings (SSSR count). The number of amides is 2. The highest BCUT2D eigenvalue weighted by Crippen LogP contribution is 2.23. The first kappa shape index (κ1) is 9.51. The largest absolute Gasteiger partial charge is 0.398 e. The molecule has 1 aromatic carbocycles. The summed E-state index contributed by atoms with van der Waals surface area (Å²) < 4.78 is 0. The van der Waals surface area contributed by atoms with Crippen LogP contribution >= 0.6 is 0 Å². The van der Waals surface area contributed by atoms with Crippen molar-refractivity contribution in [3.63, 3.8) is 0 Å². The van der Waals surface area contributed by atoms with Crippen molar-refractivity contribution in [1.29, 1.82) is 0 Å². The first-order valence-corrected chi connectivity index (χ1v) is 4.60. The van der Waals surface area contributed by atoms with Gasteiger partial charge < -0.3 is 16.4 Å². The highest BCUT2D eigenvalue weighted by atomic mass is 16.2. The SMILES string of the molecule is C[C@@H]1NC(=O)c2c(N)cccc2NC1=O. The monoisotopic (exact) mass is 205 g/mol. The van der Waals surface area contributed by atoms with Crippen LogP contribution in [0.4, 0.5) is 11.4 Å². The molecule has 0 unspecified atom stereocenters. The van der Waals surface area contributed by atoms with Crippen LogP contribution in [-0.2, 0) is 4.79 Å². The molecule has 1 atom stereocenters. The van der Waals surface area contributed by atoms with Gasteiger partial charge in [-0.2, -0.15) is 0 Å². The number of carbonyl (C=O) groups is 2. The van der Waals surface area contributed by atoms with Gasteiger partial charge in [0.1, 0.15) is 6.04 Å². The first-order valence-electron chi connectivity index (χ1n) is 4.60. The molecule has 1 aliphatic rings. The lowest BCUT2D eigenvalue weighted by Gasteiger charge is -2.06. The molecule has 5 nitrogen and oxygen atoms in total. The van der Waals surface area contributed by atoms with E-state index in [0.29, 0.717) is 16.9 Å². The fourth-order valence-corrected chi connectivity index (χ4v) is 1.50. The van der Waals surface area contributed by atoms with Crippen LogP contribution in [0, 0.1) is 0 Å².